The average molecular weight is 444 g/mol. The van der Waals surface area contributed by atoms with E-state index >= 15 is 0 Å². The normalized spacial score (nSPS) is 24.4. The number of nitrogens with zero attached hydrogens (tertiary/aromatic N) is 2. The van der Waals surface area contributed by atoms with Crippen molar-refractivity contribution in [3.05, 3.63) is 47.2 Å². The Morgan fingerprint density at radius 2 is 1.57 bits per heavy atom. The van der Waals surface area contributed by atoms with E-state index in [1.165, 1.54) is 0 Å². The molecule has 2 saturated heterocycles. The van der Waals surface area contributed by atoms with Crippen LogP contribution in [0.15, 0.2) is 30.5 Å². The number of aliphatic hydroxyl groups is 1. The van der Waals surface area contributed by atoms with E-state index in [0.717, 1.165) is 22.1 Å². The number of amides is 1. The summed E-state index contributed by atoms with van der Waals surface area (Å²) < 4.78 is 104. The van der Waals surface area contributed by atoms with Crippen molar-refractivity contribution in [2.45, 2.75) is 36.8 Å². The minimum Gasteiger partial charge on any atom is -0.374 e. The predicted molar refractivity (Wildman–Crippen MR) is 87.2 cm³/mol. The zero-order valence-corrected chi connectivity index (χ0v) is 15.1. The fraction of sp³-hybridized carbons (Fsp3) is 0.500. The first-order chi connectivity index (χ1) is 13.7. The molecule has 2 aliphatic rings. The largest absolute Gasteiger partial charge is 0.416 e. The first-order valence-electron chi connectivity index (χ1n) is 8.74. The zero-order valence-electron chi connectivity index (χ0n) is 15.1. The number of halogens is 8. The summed E-state index contributed by atoms with van der Waals surface area (Å²) in [5.41, 5.74) is -3.16. The number of likely N-dealkylation sites (tertiary alicyclic amines) is 2. The Hall–Kier alpha value is -2.37. The summed E-state index contributed by atoms with van der Waals surface area (Å²) in [4.78, 5) is 13.8. The van der Waals surface area contributed by atoms with Crippen molar-refractivity contribution >= 4 is 5.91 Å². The molecule has 12 heteroatoms. The molecule has 1 aromatic carbocycles. The number of rotatable bonds is 3. The van der Waals surface area contributed by atoms with E-state index < -0.39 is 60.5 Å². The number of carbonyl (C=O) groups is 1. The van der Waals surface area contributed by atoms with Gasteiger partial charge in [-0.2, -0.15) is 26.3 Å². The van der Waals surface area contributed by atoms with Crippen LogP contribution in [0.1, 0.15) is 29.0 Å². The number of hydrogen-bond acceptors (Lipinski definition) is 3. The van der Waals surface area contributed by atoms with Crippen LogP contribution in [0.5, 0.6) is 0 Å². The Labute approximate surface area is 165 Å². The van der Waals surface area contributed by atoms with Gasteiger partial charge in [0.05, 0.1) is 24.2 Å². The van der Waals surface area contributed by atoms with Crippen molar-refractivity contribution in [3.63, 3.8) is 0 Å². The second-order valence-electron chi connectivity index (χ2n) is 7.32. The Balaban J connectivity index is 1.76. The van der Waals surface area contributed by atoms with Gasteiger partial charge >= 0.3 is 12.4 Å². The highest BCUT2D eigenvalue weighted by Crippen LogP contribution is 2.40. The summed E-state index contributed by atoms with van der Waals surface area (Å²) >= 11 is 0. The lowest BCUT2D eigenvalue weighted by molar-refractivity contribution is -0.160. The first kappa shape index (κ1) is 22.3. The lowest BCUT2D eigenvalue weighted by Gasteiger charge is -2.38. The Morgan fingerprint density at radius 3 is 2.03 bits per heavy atom. The second-order valence-corrected chi connectivity index (χ2v) is 7.32. The molecule has 30 heavy (non-hydrogen) atoms. The van der Waals surface area contributed by atoms with E-state index in [-0.39, 0.29) is 24.6 Å². The van der Waals surface area contributed by atoms with Gasteiger partial charge in [-0.1, -0.05) is 0 Å². The van der Waals surface area contributed by atoms with E-state index in [2.05, 4.69) is 0 Å². The van der Waals surface area contributed by atoms with Crippen LogP contribution in [0.2, 0.25) is 0 Å². The van der Waals surface area contributed by atoms with E-state index in [4.69, 9.17) is 0 Å². The predicted octanol–water partition coefficient (Wildman–Crippen LogP) is 3.82. The van der Waals surface area contributed by atoms with Gasteiger partial charge in [-0.25, -0.2) is 8.78 Å². The van der Waals surface area contributed by atoms with Crippen LogP contribution < -0.4 is 0 Å². The van der Waals surface area contributed by atoms with Gasteiger partial charge in [0, 0.05) is 31.2 Å². The molecule has 0 spiro atoms. The van der Waals surface area contributed by atoms with Crippen molar-refractivity contribution in [2.24, 2.45) is 0 Å². The molecule has 3 rings (SSSR count). The van der Waals surface area contributed by atoms with Gasteiger partial charge in [-0.05, 0) is 23.8 Å². The number of hydrogen-bond donors (Lipinski definition) is 1. The van der Waals surface area contributed by atoms with Gasteiger partial charge in [0.2, 0.25) is 5.91 Å². The van der Waals surface area contributed by atoms with Crippen molar-refractivity contribution in [1.29, 1.82) is 0 Å². The van der Waals surface area contributed by atoms with Gasteiger partial charge in [0.15, 0.2) is 0 Å². The molecule has 1 aromatic rings. The molecule has 1 N–H and O–H groups in total. The Kier molecular flexibility index (Phi) is 5.50. The average Bonchev–Trinajstić information content (AvgIpc) is 2.96. The lowest BCUT2D eigenvalue weighted by Crippen LogP contribution is -2.58. The number of aliphatic hydroxyl groups excluding tert-OH is 1. The lowest BCUT2D eigenvalue weighted by atomic mass is 9.93. The van der Waals surface area contributed by atoms with Crippen molar-refractivity contribution in [2.75, 3.05) is 19.6 Å². The molecule has 2 aliphatic heterocycles. The topological polar surface area (TPSA) is 43.8 Å². The highest BCUT2D eigenvalue weighted by Gasteiger charge is 2.45. The number of benzene rings is 1. The maximum atomic E-state index is 13.0. The minimum atomic E-state index is -4.99. The third-order valence-corrected chi connectivity index (χ3v) is 4.96. The minimum absolute atomic E-state index is 0.0219. The third-order valence-electron chi connectivity index (χ3n) is 4.96. The number of alkyl halides is 8. The third kappa shape index (κ3) is 4.85. The van der Waals surface area contributed by atoms with Crippen LogP contribution in [0.4, 0.5) is 35.1 Å². The maximum absolute atomic E-state index is 13.0. The van der Waals surface area contributed by atoms with Crippen LogP contribution >= 0.6 is 0 Å². The van der Waals surface area contributed by atoms with Gasteiger partial charge in [-0.15, -0.1) is 0 Å². The highest BCUT2D eigenvalue weighted by molar-refractivity contribution is 5.88. The molecule has 0 bridgehead atoms. The Bertz CT molecular complexity index is 809. The molecule has 0 radical (unpaired) electrons. The molecular weight excluding hydrogens is 428 g/mol. The Morgan fingerprint density at radius 1 is 1.03 bits per heavy atom. The van der Waals surface area contributed by atoms with Gasteiger partial charge in [0.25, 0.3) is 5.92 Å². The molecule has 1 amide bonds. The fourth-order valence-electron chi connectivity index (χ4n) is 3.39. The quantitative estimate of drug-likeness (QED) is 0.570. The summed E-state index contributed by atoms with van der Waals surface area (Å²) in [5.74, 6) is -4.56. The molecule has 4 nitrogen and oxygen atoms in total. The monoisotopic (exact) mass is 444 g/mol. The molecule has 2 atom stereocenters. The van der Waals surface area contributed by atoms with Crippen LogP contribution in [0, 0.1) is 0 Å². The van der Waals surface area contributed by atoms with Crippen molar-refractivity contribution < 1.29 is 45.0 Å². The summed E-state index contributed by atoms with van der Waals surface area (Å²) in [5, 5.41) is 10.1. The molecular formula is C18H16F8N2O2. The molecule has 2 unspecified atom stereocenters. The maximum Gasteiger partial charge on any atom is 0.416 e. The smallest absolute Gasteiger partial charge is 0.374 e. The van der Waals surface area contributed by atoms with E-state index in [0.29, 0.717) is 12.1 Å². The molecule has 0 aromatic heterocycles. The van der Waals surface area contributed by atoms with Crippen LogP contribution in [-0.2, 0) is 17.1 Å². The molecule has 0 saturated carbocycles. The van der Waals surface area contributed by atoms with Gasteiger partial charge < -0.3 is 14.9 Å². The SMILES string of the molecule is O=C(/C=C/N1CC(c2cc(C(F)(F)F)cc(C(F)(F)F)c2)CC1O)N1CC(F)(F)C1. The van der Waals surface area contributed by atoms with Crippen LogP contribution in [-0.4, -0.2) is 52.6 Å². The van der Waals surface area contributed by atoms with Crippen molar-refractivity contribution in [1.82, 2.24) is 9.80 Å². The van der Waals surface area contributed by atoms with E-state index in [1.807, 2.05) is 0 Å². The van der Waals surface area contributed by atoms with Gasteiger partial charge in [0.1, 0.15) is 6.23 Å². The zero-order chi connectivity index (χ0) is 22.5. The van der Waals surface area contributed by atoms with Gasteiger partial charge in [-0.3, -0.25) is 4.79 Å². The molecule has 166 valence electrons. The molecule has 2 heterocycles. The van der Waals surface area contributed by atoms with E-state index in [9.17, 15) is 45.0 Å². The van der Waals surface area contributed by atoms with E-state index in [1.54, 1.807) is 0 Å². The highest BCUT2D eigenvalue weighted by atomic mass is 19.4. The van der Waals surface area contributed by atoms with Crippen LogP contribution in [0.25, 0.3) is 0 Å². The number of carbonyl (C=O) groups excluding carboxylic acids is 1. The summed E-state index contributed by atoms with van der Waals surface area (Å²) in [7, 11) is 0. The van der Waals surface area contributed by atoms with Crippen LogP contribution in [0.3, 0.4) is 0 Å². The second kappa shape index (κ2) is 7.40. The summed E-state index contributed by atoms with van der Waals surface area (Å²) in [6.45, 7) is -1.64. The molecule has 2 fully saturated rings. The summed E-state index contributed by atoms with van der Waals surface area (Å²) in [6, 6.07) is 1.23. The first-order valence-corrected chi connectivity index (χ1v) is 8.74. The van der Waals surface area contributed by atoms with Crippen molar-refractivity contribution in [3.8, 4) is 0 Å². The summed E-state index contributed by atoms with van der Waals surface area (Å²) in [6.07, 6.45) is -9.38. The standard InChI is InChI=1S/C18H16F8N2O2/c19-16(20)8-28(9-16)14(29)1-2-27-7-11(5-15(27)30)10-3-12(17(21,22)23)6-13(4-10)18(24,25)26/h1-4,6,11,15,30H,5,7-9H2/b2-1+. The molecule has 0 aliphatic carbocycles. The fourth-order valence-corrected chi connectivity index (χ4v) is 3.39.